The van der Waals surface area contributed by atoms with Crippen LogP contribution in [0.15, 0.2) is 28.7 Å². The van der Waals surface area contributed by atoms with Gasteiger partial charge in [0.15, 0.2) is 0 Å². The maximum Gasteiger partial charge on any atom is 0.338 e. The largest absolute Gasteiger partial charge is 0.460 e. The van der Waals surface area contributed by atoms with Crippen LogP contribution < -0.4 is 0 Å². The van der Waals surface area contributed by atoms with Crippen LogP contribution in [0, 0.1) is 0 Å². The molecule has 88 valence electrons. The Balaban J connectivity index is 2.50. The Labute approximate surface area is 105 Å². The number of likely N-dealkylation sites (N-methyl/N-ethyl adjacent to an activating group) is 1. The molecule has 0 saturated heterocycles. The van der Waals surface area contributed by atoms with Crippen molar-refractivity contribution in [1.82, 2.24) is 4.90 Å². The van der Waals surface area contributed by atoms with E-state index in [0.717, 1.165) is 4.47 Å². The van der Waals surface area contributed by atoms with E-state index < -0.39 is 0 Å². The molecule has 1 atom stereocenters. The number of rotatable bonds is 4. The summed E-state index contributed by atoms with van der Waals surface area (Å²) >= 11 is 3.32. The SMILES string of the molecule is C[C@H](COC(=O)c1ccc(Br)cc1)N(C)C. The van der Waals surface area contributed by atoms with Crippen LogP contribution in [0.25, 0.3) is 0 Å². The molecule has 0 bridgehead atoms. The van der Waals surface area contributed by atoms with Gasteiger partial charge < -0.3 is 9.64 Å². The molecular weight excluding hydrogens is 270 g/mol. The summed E-state index contributed by atoms with van der Waals surface area (Å²) in [6.07, 6.45) is 0. The van der Waals surface area contributed by atoms with Crippen LogP contribution in [-0.2, 0) is 4.74 Å². The first-order valence-electron chi connectivity index (χ1n) is 5.10. The van der Waals surface area contributed by atoms with E-state index in [1.54, 1.807) is 12.1 Å². The summed E-state index contributed by atoms with van der Waals surface area (Å²) in [6, 6.07) is 7.36. The number of hydrogen-bond donors (Lipinski definition) is 0. The predicted molar refractivity (Wildman–Crippen MR) is 67.6 cm³/mol. The van der Waals surface area contributed by atoms with E-state index in [1.165, 1.54) is 0 Å². The van der Waals surface area contributed by atoms with Gasteiger partial charge in [0.1, 0.15) is 6.61 Å². The average molecular weight is 286 g/mol. The minimum absolute atomic E-state index is 0.222. The molecule has 0 radical (unpaired) electrons. The third-order valence-electron chi connectivity index (χ3n) is 2.42. The molecule has 0 amide bonds. The fraction of sp³-hybridized carbons (Fsp3) is 0.417. The summed E-state index contributed by atoms with van der Waals surface area (Å²) in [7, 11) is 3.91. The monoisotopic (exact) mass is 285 g/mol. The van der Waals surface area contributed by atoms with Gasteiger partial charge in [-0.1, -0.05) is 15.9 Å². The van der Waals surface area contributed by atoms with Crippen molar-refractivity contribution in [3.63, 3.8) is 0 Å². The zero-order valence-corrected chi connectivity index (χ0v) is 11.3. The van der Waals surface area contributed by atoms with Gasteiger partial charge in [-0.15, -0.1) is 0 Å². The third-order valence-corrected chi connectivity index (χ3v) is 2.95. The van der Waals surface area contributed by atoms with Gasteiger partial charge in [0, 0.05) is 10.5 Å². The summed E-state index contributed by atoms with van der Waals surface area (Å²) in [5.41, 5.74) is 0.578. The first-order valence-corrected chi connectivity index (χ1v) is 5.89. The average Bonchev–Trinajstić information content (AvgIpc) is 2.26. The Kier molecular flexibility index (Phi) is 4.96. The molecule has 1 rings (SSSR count). The summed E-state index contributed by atoms with van der Waals surface area (Å²) < 4.78 is 6.14. The second-order valence-corrected chi connectivity index (χ2v) is 4.83. The van der Waals surface area contributed by atoms with Crippen LogP contribution in [0.1, 0.15) is 17.3 Å². The van der Waals surface area contributed by atoms with Crippen molar-refractivity contribution in [2.24, 2.45) is 0 Å². The fourth-order valence-corrected chi connectivity index (χ4v) is 1.28. The van der Waals surface area contributed by atoms with Crippen molar-refractivity contribution in [2.75, 3.05) is 20.7 Å². The van der Waals surface area contributed by atoms with Gasteiger partial charge >= 0.3 is 5.97 Å². The van der Waals surface area contributed by atoms with Crippen molar-refractivity contribution in [3.05, 3.63) is 34.3 Å². The van der Waals surface area contributed by atoms with Crippen molar-refractivity contribution in [3.8, 4) is 0 Å². The maximum atomic E-state index is 11.6. The molecular formula is C12H16BrNO2. The first-order chi connectivity index (χ1) is 7.50. The molecule has 0 aliphatic heterocycles. The van der Waals surface area contributed by atoms with Crippen molar-refractivity contribution in [2.45, 2.75) is 13.0 Å². The van der Waals surface area contributed by atoms with E-state index >= 15 is 0 Å². The highest BCUT2D eigenvalue weighted by atomic mass is 79.9. The van der Waals surface area contributed by atoms with E-state index in [1.807, 2.05) is 38.1 Å². The topological polar surface area (TPSA) is 29.5 Å². The Morgan fingerprint density at radius 2 is 1.94 bits per heavy atom. The Bertz CT molecular complexity index is 349. The van der Waals surface area contributed by atoms with Gasteiger partial charge in [-0.25, -0.2) is 4.79 Å². The lowest BCUT2D eigenvalue weighted by Gasteiger charge is -2.19. The van der Waals surface area contributed by atoms with Crippen molar-refractivity contribution >= 4 is 21.9 Å². The molecule has 0 unspecified atom stereocenters. The molecule has 0 heterocycles. The van der Waals surface area contributed by atoms with Crippen LogP contribution in [0.5, 0.6) is 0 Å². The van der Waals surface area contributed by atoms with Crippen LogP contribution in [0.3, 0.4) is 0 Å². The molecule has 0 fully saturated rings. The predicted octanol–water partition coefficient (Wildman–Crippen LogP) is 2.56. The smallest absolute Gasteiger partial charge is 0.338 e. The summed E-state index contributed by atoms with van der Waals surface area (Å²) in [5, 5.41) is 0. The van der Waals surface area contributed by atoms with Gasteiger partial charge in [-0.05, 0) is 45.3 Å². The van der Waals surface area contributed by atoms with Gasteiger partial charge in [0.2, 0.25) is 0 Å². The molecule has 0 aliphatic carbocycles. The number of halogens is 1. The van der Waals surface area contributed by atoms with Crippen LogP contribution in [0.4, 0.5) is 0 Å². The molecule has 1 aromatic carbocycles. The highest BCUT2D eigenvalue weighted by molar-refractivity contribution is 9.10. The van der Waals surface area contributed by atoms with E-state index in [2.05, 4.69) is 15.9 Å². The molecule has 16 heavy (non-hydrogen) atoms. The van der Waals surface area contributed by atoms with Crippen molar-refractivity contribution < 1.29 is 9.53 Å². The Morgan fingerprint density at radius 1 is 1.38 bits per heavy atom. The second kappa shape index (κ2) is 6.01. The standard InChI is InChI=1S/C12H16BrNO2/c1-9(14(2)3)8-16-12(15)10-4-6-11(13)7-5-10/h4-7,9H,8H2,1-3H3/t9-/m1/s1. The molecule has 0 N–H and O–H groups in total. The van der Waals surface area contributed by atoms with Crippen LogP contribution in [-0.4, -0.2) is 37.6 Å². The molecule has 3 nitrogen and oxygen atoms in total. The summed E-state index contributed by atoms with van der Waals surface area (Å²) in [5.74, 6) is -0.277. The van der Waals surface area contributed by atoms with Gasteiger partial charge in [-0.2, -0.15) is 0 Å². The van der Waals surface area contributed by atoms with Gasteiger partial charge in [-0.3, -0.25) is 0 Å². The van der Waals surface area contributed by atoms with Gasteiger partial charge in [0.05, 0.1) is 5.56 Å². The lowest BCUT2D eigenvalue weighted by molar-refractivity contribution is 0.0416. The number of benzene rings is 1. The maximum absolute atomic E-state index is 11.6. The number of esters is 1. The Morgan fingerprint density at radius 3 is 2.44 bits per heavy atom. The molecule has 0 spiro atoms. The Hall–Kier alpha value is -0.870. The number of nitrogens with zero attached hydrogens (tertiary/aromatic N) is 1. The highest BCUT2D eigenvalue weighted by Gasteiger charge is 2.10. The quantitative estimate of drug-likeness (QED) is 0.797. The zero-order chi connectivity index (χ0) is 12.1. The molecule has 0 saturated carbocycles. The van der Waals surface area contributed by atoms with Crippen molar-refractivity contribution in [1.29, 1.82) is 0 Å². The van der Waals surface area contributed by atoms with Gasteiger partial charge in [0.25, 0.3) is 0 Å². The summed E-state index contributed by atoms with van der Waals surface area (Å²) in [4.78, 5) is 13.6. The fourth-order valence-electron chi connectivity index (χ4n) is 1.01. The zero-order valence-electron chi connectivity index (χ0n) is 9.74. The van der Waals surface area contributed by atoms with E-state index in [-0.39, 0.29) is 12.0 Å². The first kappa shape index (κ1) is 13.2. The molecule has 1 aromatic rings. The lowest BCUT2D eigenvalue weighted by atomic mass is 10.2. The molecule has 0 aliphatic rings. The number of hydrogen-bond acceptors (Lipinski definition) is 3. The van der Waals surface area contributed by atoms with E-state index in [0.29, 0.717) is 12.2 Å². The minimum Gasteiger partial charge on any atom is -0.460 e. The van der Waals surface area contributed by atoms with E-state index in [9.17, 15) is 4.79 Å². The lowest BCUT2D eigenvalue weighted by Crippen LogP contribution is -2.30. The molecule has 4 heteroatoms. The second-order valence-electron chi connectivity index (χ2n) is 3.92. The third kappa shape index (κ3) is 3.94. The highest BCUT2D eigenvalue weighted by Crippen LogP contribution is 2.11. The number of carbonyl (C=O) groups excluding carboxylic acids is 1. The van der Waals surface area contributed by atoms with Crippen LogP contribution in [0.2, 0.25) is 0 Å². The normalized spacial score (nSPS) is 12.6. The molecule has 0 aromatic heterocycles. The number of ether oxygens (including phenoxy) is 1. The van der Waals surface area contributed by atoms with Crippen LogP contribution >= 0.6 is 15.9 Å². The minimum atomic E-state index is -0.277. The van der Waals surface area contributed by atoms with E-state index in [4.69, 9.17) is 4.74 Å². The summed E-state index contributed by atoms with van der Waals surface area (Å²) in [6.45, 7) is 2.41. The number of carbonyl (C=O) groups is 1.